The van der Waals surface area contributed by atoms with E-state index >= 15 is 0 Å². The smallest absolute Gasteiger partial charge is 0.287 e. The normalized spacial score (nSPS) is 24.2. The Morgan fingerprint density at radius 3 is 2.73 bits per heavy atom. The number of nitrogens with zero attached hydrogens (tertiary/aromatic N) is 3. The Morgan fingerprint density at radius 1 is 1.27 bits per heavy atom. The van der Waals surface area contributed by atoms with Gasteiger partial charge in [-0.15, -0.1) is 0 Å². The zero-order chi connectivity index (χ0) is 18.7. The highest BCUT2D eigenvalue weighted by Gasteiger charge is 2.36. The number of aryl methyl sites for hydroxylation is 1. The Kier molecular flexibility index (Phi) is 6.37. The van der Waals surface area contributed by atoms with E-state index in [4.69, 9.17) is 4.42 Å². The molecule has 3 heterocycles. The molecule has 0 aromatic carbocycles. The lowest BCUT2D eigenvalue weighted by Gasteiger charge is -2.34. The van der Waals surface area contributed by atoms with Gasteiger partial charge in [0.25, 0.3) is 5.91 Å². The summed E-state index contributed by atoms with van der Waals surface area (Å²) < 4.78 is 5.90. The first kappa shape index (κ1) is 19.4. The quantitative estimate of drug-likeness (QED) is 0.802. The van der Waals surface area contributed by atoms with Crippen LogP contribution in [0.5, 0.6) is 0 Å². The van der Waals surface area contributed by atoms with Crippen molar-refractivity contribution in [1.82, 2.24) is 20.0 Å². The van der Waals surface area contributed by atoms with Crippen molar-refractivity contribution in [3.63, 3.8) is 0 Å². The van der Waals surface area contributed by atoms with Gasteiger partial charge in [-0.2, -0.15) is 0 Å². The molecule has 6 nitrogen and oxygen atoms in total. The molecule has 2 fully saturated rings. The van der Waals surface area contributed by atoms with Crippen LogP contribution in [-0.4, -0.2) is 79.0 Å². The largest absolute Gasteiger partial charge is 0.456 e. The number of hydrogen-bond donors (Lipinski definition) is 1. The Balaban J connectivity index is 1.62. The molecule has 0 radical (unpaired) electrons. The van der Waals surface area contributed by atoms with Gasteiger partial charge in [-0.05, 0) is 32.6 Å². The number of amides is 1. The second kappa shape index (κ2) is 8.55. The lowest BCUT2D eigenvalue weighted by molar-refractivity contribution is 0.0907. The zero-order valence-electron chi connectivity index (χ0n) is 16.8. The number of nitrogens with one attached hydrogen (secondary N) is 1. The fourth-order valence-corrected chi connectivity index (χ4v) is 4.26. The second-order valence-corrected chi connectivity index (χ2v) is 7.69. The van der Waals surface area contributed by atoms with Crippen LogP contribution in [0.2, 0.25) is 0 Å². The van der Waals surface area contributed by atoms with Gasteiger partial charge in [0.15, 0.2) is 5.76 Å². The van der Waals surface area contributed by atoms with Gasteiger partial charge in [0.05, 0.1) is 0 Å². The predicted octanol–water partition coefficient (Wildman–Crippen LogP) is 1.80. The minimum absolute atomic E-state index is 0.0660. The van der Waals surface area contributed by atoms with Gasteiger partial charge in [-0.3, -0.25) is 14.6 Å². The Hall–Kier alpha value is -1.37. The third-order valence-corrected chi connectivity index (χ3v) is 5.88. The maximum absolute atomic E-state index is 12.7. The summed E-state index contributed by atoms with van der Waals surface area (Å²) in [6, 6.07) is 2.74. The number of furan rings is 1. The van der Waals surface area contributed by atoms with Crippen molar-refractivity contribution in [1.29, 1.82) is 0 Å². The maximum atomic E-state index is 12.7. The van der Waals surface area contributed by atoms with Crippen LogP contribution in [-0.2, 0) is 13.0 Å². The lowest BCUT2D eigenvalue weighted by Crippen LogP contribution is -2.48. The minimum Gasteiger partial charge on any atom is -0.456 e. The zero-order valence-corrected chi connectivity index (χ0v) is 16.8. The number of carbonyl (C=O) groups excluding carboxylic acids is 1. The molecule has 6 heteroatoms. The summed E-state index contributed by atoms with van der Waals surface area (Å²) in [6.45, 7) is 13.5. The molecular weight excluding hydrogens is 328 g/mol. The topological polar surface area (TPSA) is 52.0 Å². The third-order valence-electron chi connectivity index (χ3n) is 5.88. The number of fused-ring (bicyclic) bond motifs is 1. The van der Waals surface area contributed by atoms with Gasteiger partial charge in [-0.1, -0.05) is 20.8 Å². The van der Waals surface area contributed by atoms with Crippen molar-refractivity contribution in [3.8, 4) is 0 Å². The van der Waals surface area contributed by atoms with E-state index in [2.05, 4.69) is 47.8 Å². The van der Waals surface area contributed by atoms with Crippen molar-refractivity contribution in [2.45, 2.75) is 52.2 Å². The van der Waals surface area contributed by atoms with Crippen LogP contribution in [0.25, 0.3) is 0 Å². The van der Waals surface area contributed by atoms with Gasteiger partial charge in [0.2, 0.25) is 0 Å². The molecular formula is C20H34N4O2. The molecule has 1 aromatic rings. The molecule has 1 N–H and O–H groups in total. The van der Waals surface area contributed by atoms with E-state index in [0.717, 1.165) is 70.0 Å². The highest BCUT2D eigenvalue weighted by molar-refractivity contribution is 5.92. The Morgan fingerprint density at radius 2 is 2.04 bits per heavy atom. The highest BCUT2D eigenvalue weighted by atomic mass is 16.4. The van der Waals surface area contributed by atoms with Gasteiger partial charge in [0.1, 0.15) is 5.76 Å². The van der Waals surface area contributed by atoms with Crippen molar-refractivity contribution in [2.24, 2.45) is 0 Å². The van der Waals surface area contributed by atoms with Crippen LogP contribution in [0.3, 0.4) is 0 Å². The number of rotatable bonds is 7. The van der Waals surface area contributed by atoms with Crippen LogP contribution in [0.15, 0.2) is 10.5 Å². The summed E-state index contributed by atoms with van der Waals surface area (Å²) >= 11 is 0. The first-order valence-corrected chi connectivity index (χ1v) is 10.1. The van der Waals surface area contributed by atoms with Crippen molar-refractivity contribution in [3.05, 3.63) is 23.2 Å². The standard InChI is InChI=1S/C20H34N4O2/c1-5-18-15(12-23(6-2)7-3)10-19(26-18)20(25)21-16-11-17-14-22(4)8-9-24(17)13-16/h10,16-17H,5-9,11-14H2,1-4H3,(H,21,25). The Bertz CT molecular complexity index is 611. The second-order valence-electron chi connectivity index (χ2n) is 7.69. The van der Waals surface area contributed by atoms with Crippen LogP contribution in [0, 0.1) is 0 Å². The Labute approximate surface area is 157 Å². The van der Waals surface area contributed by atoms with E-state index in [1.165, 1.54) is 0 Å². The average Bonchev–Trinajstić information content (AvgIpc) is 3.22. The monoisotopic (exact) mass is 362 g/mol. The van der Waals surface area contributed by atoms with E-state index in [1.807, 2.05) is 6.07 Å². The lowest BCUT2D eigenvalue weighted by atomic mass is 10.1. The highest BCUT2D eigenvalue weighted by Crippen LogP contribution is 2.23. The summed E-state index contributed by atoms with van der Waals surface area (Å²) in [6.07, 6.45) is 1.85. The van der Waals surface area contributed by atoms with E-state index in [0.29, 0.717) is 11.8 Å². The van der Waals surface area contributed by atoms with E-state index in [-0.39, 0.29) is 11.9 Å². The average molecular weight is 363 g/mol. The van der Waals surface area contributed by atoms with Crippen molar-refractivity contribution in [2.75, 3.05) is 46.3 Å². The molecule has 146 valence electrons. The molecule has 2 saturated heterocycles. The molecule has 26 heavy (non-hydrogen) atoms. The van der Waals surface area contributed by atoms with Crippen LogP contribution < -0.4 is 5.32 Å². The van der Waals surface area contributed by atoms with Gasteiger partial charge in [0, 0.05) is 56.8 Å². The number of piperazine rings is 1. The molecule has 0 bridgehead atoms. The molecule has 3 rings (SSSR count). The number of likely N-dealkylation sites (N-methyl/N-ethyl adjacent to an activating group) is 1. The molecule has 1 amide bonds. The SMILES string of the molecule is CCc1oc(C(=O)NC2CC3CN(C)CCN3C2)cc1CN(CC)CC. The minimum atomic E-state index is -0.0660. The van der Waals surface area contributed by atoms with Crippen LogP contribution in [0.4, 0.5) is 0 Å². The predicted molar refractivity (Wildman–Crippen MR) is 103 cm³/mol. The molecule has 0 saturated carbocycles. The third kappa shape index (κ3) is 4.30. The van der Waals surface area contributed by atoms with Crippen LogP contribution in [0.1, 0.15) is 49.1 Å². The molecule has 2 aliphatic heterocycles. The first-order valence-electron chi connectivity index (χ1n) is 10.1. The molecule has 0 spiro atoms. The fourth-order valence-electron chi connectivity index (χ4n) is 4.26. The first-order chi connectivity index (χ1) is 12.5. The van der Waals surface area contributed by atoms with Gasteiger partial charge < -0.3 is 14.6 Å². The van der Waals surface area contributed by atoms with E-state index < -0.39 is 0 Å². The van der Waals surface area contributed by atoms with Crippen molar-refractivity contribution >= 4 is 5.91 Å². The summed E-state index contributed by atoms with van der Waals surface area (Å²) in [5, 5.41) is 3.21. The van der Waals surface area contributed by atoms with Crippen LogP contribution >= 0.6 is 0 Å². The summed E-state index contributed by atoms with van der Waals surface area (Å²) in [4.78, 5) is 20.0. The maximum Gasteiger partial charge on any atom is 0.287 e. The van der Waals surface area contributed by atoms with E-state index in [9.17, 15) is 4.79 Å². The molecule has 2 unspecified atom stereocenters. The number of hydrogen-bond acceptors (Lipinski definition) is 5. The molecule has 2 atom stereocenters. The fraction of sp³-hybridized carbons (Fsp3) is 0.750. The molecule has 1 aromatic heterocycles. The summed E-state index contributed by atoms with van der Waals surface area (Å²) in [7, 11) is 2.18. The summed E-state index contributed by atoms with van der Waals surface area (Å²) in [5.41, 5.74) is 1.15. The van der Waals surface area contributed by atoms with Gasteiger partial charge >= 0.3 is 0 Å². The number of carbonyl (C=O) groups is 1. The van der Waals surface area contributed by atoms with E-state index in [1.54, 1.807) is 0 Å². The molecule has 0 aliphatic carbocycles. The van der Waals surface area contributed by atoms with Gasteiger partial charge in [-0.25, -0.2) is 0 Å². The summed E-state index contributed by atoms with van der Waals surface area (Å²) in [5.74, 6) is 1.34. The molecule has 2 aliphatic rings. The van der Waals surface area contributed by atoms with Crippen molar-refractivity contribution < 1.29 is 9.21 Å².